The summed E-state index contributed by atoms with van der Waals surface area (Å²) in [4.78, 5) is 13.8. The first-order valence-electron chi connectivity index (χ1n) is 11.5. The number of pyridine rings is 2. The highest BCUT2D eigenvalue weighted by molar-refractivity contribution is 5.71. The number of rotatable bonds is 9. The van der Waals surface area contributed by atoms with Gasteiger partial charge in [-0.25, -0.2) is 4.98 Å². The van der Waals surface area contributed by atoms with E-state index in [-0.39, 0.29) is 0 Å². The number of aryl methyl sites for hydroxylation is 1. The molecule has 34 heavy (non-hydrogen) atoms. The molecule has 0 bridgehead atoms. The van der Waals surface area contributed by atoms with E-state index in [9.17, 15) is 0 Å². The fourth-order valence-corrected chi connectivity index (χ4v) is 3.86. The molecule has 0 aliphatic carbocycles. The lowest BCUT2D eigenvalue weighted by atomic mass is 10.0. The first-order valence-corrected chi connectivity index (χ1v) is 11.5. The van der Waals surface area contributed by atoms with Gasteiger partial charge in [-0.1, -0.05) is 25.3 Å². The minimum Gasteiger partial charge on any atom is -0.496 e. The zero-order valence-corrected chi connectivity index (χ0v) is 20.7. The summed E-state index contributed by atoms with van der Waals surface area (Å²) in [5.41, 5.74) is 6.08. The summed E-state index contributed by atoms with van der Waals surface area (Å²) in [7, 11) is 3.81. The topological polar surface area (TPSA) is 53.5 Å². The van der Waals surface area contributed by atoms with Gasteiger partial charge in [0.2, 0.25) is 0 Å². The number of allylic oxidation sites excluding steroid dienone is 4. The molecule has 2 aromatic heterocycles. The van der Waals surface area contributed by atoms with E-state index in [2.05, 4.69) is 57.4 Å². The molecule has 178 valence electrons. The third kappa shape index (κ3) is 6.23. The summed E-state index contributed by atoms with van der Waals surface area (Å²) < 4.78 is 5.41. The zero-order chi connectivity index (χ0) is 24.5. The first-order chi connectivity index (χ1) is 16.5. The van der Waals surface area contributed by atoms with Crippen molar-refractivity contribution in [3.8, 4) is 11.1 Å². The molecule has 0 unspecified atom stereocenters. The van der Waals surface area contributed by atoms with E-state index in [1.165, 1.54) is 0 Å². The smallest absolute Gasteiger partial charge is 0.132 e. The monoisotopic (exact) mass is 457 g/mol. The molecule has 1 aliphatic heterocycles. The Kier molecular flexibility index (Phi) is 8.82. The predicted octanol–water partition coefficient (Wildman–Crippen LogP) is 5.26. The highest BCUT2D eigenvalue weighted by atomic mass is 16.5. The third-order valence-electron chi connectivity index (χ3n) is 5.92. The molecule has 0 amide bonds. The fourth-order valence-electron chi connectivity index (χ4n) is 3.86. The maximum atomic E-state index is 5.41. The molecule has 0 atom stereocenters. The molecule has 3 heterocycles. The Bertz CT molecular complexity index is 1110. The van der Waals surface area contributed by atoms with Crippen molar-refractivity contribution in [2.24, 2.45) is 0 Å². The summed E-state index contributed by atoms with van der Waals surface area (Å²) in [6.45, 7) is 16.2. The third-order valence-corrected chi connectivity index (χ3v) is 5.92. The van der Waals surface area contributed by atoms with Crippen LogP contribution in [0.3, 0.4) is 0 Å². The molecule has 1 saturated heterocycles. The largest absolute Gasteiger partial charge is 0.496 e. The maximum Gasteiger partial charge on any atom is 0.132 e. The van der Waals surface area contributed by atoms with E-state index >= 15 is 0 Å². The molecule has 1 N–H and O–H groups in total. The Hall–Kier alpha value is -3.64. The Labute approximate surface area is 203 Å². The van der Waals surface area contributed by atoms with Crippen molar-refractivity contribution in [2.45, 2.75) is 13.8 Å². The molecule has 1 aliphatic rings. The van der Waals surface area contributed by atoms with Crippen LogP contribution in [-0.4, -0.2) is 60.1 Å². The standard InChI is InChI=1S/C28H35N5O/c1-7-9-23(27(8-2)34-6)10-11-30-28-21(3)16-25(20-31-28)26-17-24(18-29-19-26)22(4)33-14-12-32(5)13-15-33/h7-11,16-20H,1,4,12-15H2,2-3,5-6H3,(H,30,31)/b11-10+,23-9-,27-8+. The van der Waals surface area contributed by atoms with Crippen molar-refractivity contribution in [3.63, 3.8) is 0 Å². The Morgan fingerprint density at radius 1 is 1.12 bits per heavy atom. The normalized spacial score (nSPS) is 15.5. The Balaban J connectivity index is 1.74. The molecule has 1 fully saturated rings. The molecule has 6 heteroatoms. The summed E-state index contributed by atoms with van der Waals surface area (Å²) in [5, 5.41) is 3.27. The summed E-state index contributed by atoms with van der Waals surface area (Å²) >= 11 is 0. The van der Waals surface area contributed by atoms with Gasteiger partial charge in [0.1, 0.15) is 11.6 Å². The molecule has 6 nitrogen and oxygen atoms in total. The number of anilines is 1. The molecule has 0 aromatic carbocycles. The van der Waals surface area contributed by atoms with Gasteiger partial charge in [0.15, 0.2) is 0 Å². The average Bonchev–Trinajstić information content (AvgIpc) is 2.86. The van der Waals surface area contributed by atoms with Crippen LogP contribution in [0.4, 0.5) is 5.82 Å². The molecule has 3 rings (SSSR count). The molecule has 2 aromatic rings. The molecule has 0 radical (unpaired) electrons. The second kappa shape index (κ2) is 12.0. The van der Waals surface area contributed by atoms with E-state index in [1.807, 2.05) is 56.9 Å². The van der Waals surface area contributed by atoms with Crippen LogP contribution >= 0.6 is 0 Å². The lowest BCUT2D eigenvalue weighted by Gasteiger charge is -2.35. The van der Waals surface area contributed by atoms with Crippen LogP contribution < -0.4 is 5.32 Å². The van der Waals surface area contributed by atoms with Crippen molar-refractivity contribution in [1.82, 2.24) is 19.8 Å². The number of likely N-dealkylation sites (N-methyl/N-ethyl adjacent to an activating group) is 1. The highest BCUT2D eigenvalue weighted by Crippen LogP contribution is 2.26. The molecular weight excluding hydrogens is 422 g/mol. The lowest BCUT2D eigenvalue weighted by molar-refractivity contribution is 0.207. The maximum absolute atomic E-state index is 5.41. The number of methoxy groups -OCH3 is 1. The van der Waals surface area contributed by atoms with Crippen LogP contribution in [0.1, 0.15) is 18.1 Å². The van der Waals surface area contributed by atoms with Gasteiger partial charge in [-0.3, -0.25) is 4.98 Å². The van der Waals surface area contributed by atoms with E-state index in [4.69, 9.17) is 4.74 Å². The van der Waals surface area contributed by atoms with Crippen LogP contribution in [0, 0.1) is 6.92 Å². The van der Waals surface area contributed by atoms with Gasteiger partial charge in [0.05, 0.1) is 7.11 Å². The summed E-state index contributed by atoms with van der Waals surface area (Å²) in [6.07, 6.45) is 15.0. The van der Waals surface area contributed by atoms with Gasteiger partial charge in [-0.05, 0) is 50.7 Å². The second-order valence-corrected chi connectivity index (χ2v) is 8.28. The van der Waals surface area contributed by atoms with Gasteiger partial charge in [-0.2, -0.15) is 0 Å². The van der Waals surface area contributed by atoms with Gasteiger partial charge < -0.3 is 19.9 Å². The SMILES string of the molecule is C=C/C=C(/C=C/Nc1ncc(-c2cncc(C(=C)N3CCN(C)CC3)c2)cc1C)C(=C/C)\OC. The quantitative estimate of drug-likeness (QED) is 0.410. The molecular formula is C28H35N5O. The molecule has 0 saturated carbocycles. The van der Waals surface area contributed by atoms with Crippen molar-refractivity contribution in [3.05, 3.63) is 96.8 Å². The lowest BCUT2D eigenvalue weighted by Crippen LogP contribution is -2.43. The van der Waals surface area contributed by atoms with Gasteiger partial charge in [-0.15, -0.1) is 0 Å². The van der Waals surface area contributed by atoms with Gasteiger partial charge >= 0.3 is 0 Å². The van der Waals surface area contributed by atoms with Crippen LogP contribution in [0.5, 0.6) is 0 Å². The number of hydrogen-bond donors (Lipinski definition) is 1. The minimum absolute atomic E-state index is 0.781. The van der Waals surface area contributed by atoms with E-state index in [1.54, 1.807) is 13.2 Å². The average molecular weight is 458 g/mol. The zero-order valence-electron chi connectivity index (χ0n) is 20.7. The fraction of sp³-hybridized carbons (Fsp3) is 0.286. The van der Waals surface area contributed by atoms with Crippen LogP contribution in [0.2, 0.25) is 0 Å². The van der Waals surface area contributed by atoms with Crippen LogP contribution in [0.25, 0.3) is 16.8 Å². The predicted molar refractivity (Wildman–Crippen MR) is 142 cm³/mol. The summed E-state index contributed by atoms with van der Waals surface area (Å²) in [5.74, 6) is 1.58. The van der Waals surface area contributed by atoms with E-state index in [0.717, 1.165) is 71.3 Å². The number of nitrogens with one attached hydrogen (secondary N) is 1. The van der Waals surface area contributed by atoms with Gasteiger partial charge in [0, 0.05) is 78.9 Å². The number of hydrogen-bond acceptors (Lipinski definition) is 6. The van der Waals surface area contributed by atoms with E-state index < -0.39 is 0 Å². The first kappa shape index (κ1) is 25.0. The van der Waals surface area contributed by atoms with E-state index in [0.29, 0.717) is 0 Å². The number of aromatic nitrogens is 2. The summed E-state index contributed by atoms with van der Waals surface area (Å²) in [6, 6.07) is 4.27. The van der Waals surface area contributed by atoms with Crippen molar-refractivity contribution in [1.29, 1.82) is 0 Å². The van der Waals surface area contributed by atoms with Crippen LogP contribution in [0.15, 0.2) is 85.7 Å². The van der Waals surface area contributed by atoms with Crippen molar-refractivity contribution in [2.75, 3.05) is 45.7 Å². The Morgan fingerprint density at radius 3 is 2.50 bits per heavy atom. The minimum atomic E-state index is 0.781. The Morgan fingerprint density at radius 2 is 1.85 bits per heavy atom. The number of piperazine rings is 1. The highest BCUT2D eigenvalue weighted by Gasteiger charge is 2.17. The second-order valence-electron chi connectivity index (χ2n) is 8.28. The van der Waals surface area contributed by atoms with Crippen molar-refractivity contribution < 1.29 is 4.74 Å². The number of ether oxygens (including phenoxy) is 1. The number of nitrogens with zero attached hydrogens (tertiary/aromatic N) is 4. The van der Waals surface area contributed by atoms with Crippen molar-refractivity contribution >= 4 is 11.5 Å². The van der Waals surface area contributed by atoms with Gasteiger partial charge in [0.25, 0.3) is 0 Å². The van der Waals surface area contributed by atoms with Crippen LogP contribution in [-0.2, 0) is 4.74 Å². The molecule has 0 spiro atoms.